The Labute approximate surface area is 217 Å². The number of ether oxygens (including phenoxy) is 3. The molecule has 0 bridgehead atoms. The third-order valence-corrected chi connectivity index (χ3v) is 5.43. The summed E-state index contributed by atoms with van der Waals surface area (Å²) < 4.78 is 16.0. The van der Waals surface area contributed by atoms with E-state index >= 15 is 0 Å². The molecule has 1 aliphatic rings. The third-order valence-electron chi connectivity index (χ3n) is 5.20. The van der Waals surface area contributed by atoms with Gasteiger partial charge in [0, 0.05) is 17.3 Å². The van der Waals surface area contributed by atoms with Crippen molar-refractivity contribution in [2.75, 3.05) is 18.7 Å². The van der Waals surface area contributed by atoms with Crippen LogP contribution in [0.25, 0.3) is 0 Å². The molecule has 0 aliphatic carbocycles. The number of anilines is 1. The molecule has 3 aromatic carbocycles. The summed E-state index contributed by atoms with van der Waals surface area (Å²) in [7, 11) is 0. The van der Waals surface area contributed by atoms with Crippen LogP contribution in [0.15, 0.2) is 65.8 Å². The number of amides is 3. The van der Waals surface area contributed by atoms with Gasteiger partial charge in [-0.15, -0.1) is 0 Å². The average molecular weight is 523 g/mol. The molecule has 0 fully saturated rings. The van der Waals surface area contributed by atoms with Gasteiger partial charge in [-0.2, -0.15) is 5.10 Å². The van der Waals surface area contributed by atoms with Crippen LogP contribution >= 0.6 is 11.6 Å². The summed E-state index contributed by atoms with van der Waals surface area (Å²) in [4.78, 5) is 36.1. The number of carbonyl (C=O) groups is 3. The van der Waals surface area contributed by atoms with Crippen molar-refractivity contribution in [2.24, 2.45) is 5.10 Å². The molecule has 190 valence electrons. The van der Waals surface area contributed by atoms with Crippen LogP contribution in [-0.2, 0) is 20.9 Å². The number of rotatable bonds is 8. The number of halogens is 1. The molecular formula is C26H23ClN4O6. The van der Waals surface area contributed by atoms with Crippen molar-refractivity contribution in [1.82, 2.24) is 10.7 Å². The molecule has 37 heavy (non-hydrogen) atoms. The van der Waals surface area contributed by atoms with Crippen LogP contribution in [0.1, 0.15) is 16.7 Å². The third kappa shape index (κ3) is 7.21. The molecule has 1 aliphatic heterocycles. The summed E-state index contributed by atoms with van der Waals surface area (Å²) in [5, 5.41) is 9.59. The van der Waals surface area contributed by atoms with Crippen molar-refractivity contribution in [3.05, 3.63) is 82.4 Å². The van der Waals surface area contributed by atoms with E-state index in [1.54, 1.807) is 54.6 Å². The first-order valence-corrected chi connectivity index (χ1v) is 11.5. The van der Waals surface area contributed by atoms with Gasteiger partial charge in [0.05, 0.1) is 6.21 Å². The van der Waals surface area contributed by atoms with Crippen LogP contribution < -0.4 is 30.3 Å². The van der Waals surface area contributed by atoms with E-state index in [0.29, 0.717) is 33.5 Å². The summed E-state index contributed by atoms with van der Waals surface area (Å²) in [6, 6.07) is 17.1. The monoisotopic (exact) mass is 522 g/mol. The summed E-state index contributed by atoms with van der Waals surface area (Å²) in [6.07, 6.45) is 1.38. The topological polar surface area (TPSA) is 127 Å². The van der Waals surface area contributed by atoms with Crippen LogP contribution in [0.3, 0.4) is 0 Å². The first-order valence-electron chi connectivity index (χ1n) is 11.2. The lowest BCUT2D eigenvalue weighted by Gasteiger charge is -2.10. The Morgan fingerprint density at radius 1 is 1.00 bits per heavy atom. The molecular weight excluding hydrogens is 500 g/mol. The molecule has 0 saturated carbocycles. The highest BCUT2D eigenvalue weighted by molar-refractivity contribution is 6.35. The van der Waals surface area contributed by atoms with Crippen molar-refractivity contribution in [1.29, 1.82) is 0 Å². The van der Waals surface area contributed by atoms with Crippen LogP contribution in [0.5, 0.6) is 17.2 Å². The van der Waals surface area contributed by atoms with Crippen LogP contribution in [0.2, 0.25) is 5.02 Å². The minimum atomic E-state index is -0.905. The molecule has 0 atom stereocenters. The van der Waals surface area contributed by atoms with E-state index in [2.05, 4.69) is 21.2 Å². The van der Waals surface area contributed by atoms with Gasteiger partial charge in [-0.1, -0.05) is 23.7 Å². The number of nitrogens with one attached hydrogen (secondary N) is 3. The van der Waals surface area contributed by atoms with Gasteiger partial charge >= 0.3 is 11.8 Å². The predicted octanol–water partition coefficient (Wildman–Crippen LogP) is 3.16. The molecule has 11 heteroatoms. The van der Waals surface area contributed by atoms with Gasteiger partial charge < -0.3 is 24.8 Å². The number of hydrogen-bond acceptors (Lipinski definition) is 7. The van der Waals surface area contributed by atoms with Crippen molar-refractivity contribution < 1.29 is 28.6 Å². The molecule has 3 amide bonds. The Balaban J connectivity index is 1.18. The largest absolute Gasteiger partial charge is 0.484 e. The van der Waals surface area contributed by atoms with Gasteiger partial charge in [-0.25, -0.2) is 5.43 Å². The highest BCUT2D eigenvalue weighted by atomic mass is 35.5. The second-order valence-electron chi connectivity index (χ2n) is 7.93. The highest BCUT2D eigenvalue weighted by Crippen LogP contribution is 2.32. The summed E-state index contributed by atoms with van der Waals surface area (Å²) in [6.45, 7) is 1.98. The molecule has 3 N–H and O–H groups in total. The molecule has 0 aromatic heterocycles. The van der Waals surface area contributed by atoms with Crippen molar-refractivity contribution in [3.8, 4) is 17.2 Å². The van der Waals surface area contributed by atoms with E-state index in [-0.39, 0.29) is 25.9 Å². The van der Waals surface area contributed by atoms with E-state index < -0.39 is 11.8 Å². The van der Waals surface area contributed by atoms with Crippen LogP contribution in [-0.4, -0.2) is 37.3 Å². The minimum Gasteiger partial charge on any atom is -0.484 e. The first kappa shape index (κ1) is 25.5. The Bertz CT molecular complexity index is 1340. The zero-order valence-electron chi connectivity index (χ0n) is 19.7. The number of benzene rings is 3. The van der Waals surface area contributed by atoms with Gasteiger partial charge in [0.25, 0.3) is 5.91 Å². The Hall–Kier alpha value is -4.57. The van der Waals surface area contributed by atoms with E-state index in [9.17, 15) is 14.4 Å². The number of aryl methyl sites for hydroxylation is 1. The number of fused-ring (bicyclic) bond motifs is 1. The van der Waals surface area contributed by atoms with Gasteiger partial charge in [0.15, 0.2) is 18.1 Å². The molecule has 3 aromatic rings. The fourth-order valence-corrected chi connectivity index (χ4v) is 3.42. The molecule has 0 spiro atoms. The molecule has 0 unspecified atom stereocenters. The molecule has 0 saturated heterocycles. The zero-order chi connectivity index (χ0) is 26.2. The standard InChI is InChI=1S/C26H23ClN4O6/c1-16-2-6-19(27)11-21(16)30-24(32)14-35-20-7-3-17(4-8-20)13-29-31-26(34)25(33)28-12-18-5-9-22-23(10-18)37-15-36-22/h2-11,13H,12,14-15H2,1H3,(H,28,33)(H,30,32)(H,31,34)/b29-13-. The minimum absolute atomic E-state index is 0.144. The number of hydrazone groups is 1. The molecule has 4 rings (SSSR count). The van der Waals surface area contributed by atoms with E-state index in [0.717, 1.165) is 11.1 Å². The van der Waals surface area contributed by atoms with E-state index in [1.165, 1.54) is 6.21 Å². The quantitative estimate of drug-likeness (QED) is 0.237. The SMILES string of the molecule is Cc1ccc(Cl)cc1NC(=O)COc1ccc(/C=N\NC(=O)C(=O)NCc2ccc3c(c2)OCO3)cc1. The predicted molar refractivity (Wildman–Crippen MR) is 137 cm³/mol. The Morgan fingerprint density at radius 2 is 1.78 bits per heavy atom. The summed E-state index contributed by atoms with van der Waals surface area (Å²) >= 11 is 5.97. The normalized spacial score (nSPS) is 11.7. The zero-order valence-corrected chi connectivity index (χ0v) is 20.5. The summed E-state index contributed by atoms with van der Waals surface area (Å²) in [5.74, 6) is -0.357. The van der Waals surface area contributed by atoms with E-state index in [1.807, 2.05) is 13.0 Å². The van der Waals surface area contributed by atoms with Crippen LogP contribution in [0, 0.1) is 6.92 Å². The second-order valence-corrected chi connectivity index (χ2v) is 8.37. The van der Waals surface area contributed by atoms with Gasteiger partial charge in [-0.05, 0) is 72.1 Å². The van der Waals surface area contributed by atoms with Crippen molar-refractivity contribution in [2.45, 2.75) is 13.5 Å². The smallest absolute Gasteiger partial charge is 0.329 e. The Morgan fingerprint density at radius 3 is 2.59 bits per heavy atom. The Kier molecular flexibility index (Phi) is 8.22. The van der Waals surface area contributed by atoms with Crippen LogP contribution in [0.4, 0.5) is 5.69 Å². The molecule has 0 radical (unpaired) electrons. The maximum absolute atomic E-state index is 12.2. The fraction of sp³-hybridized carbons (Fsp3) is 0.154. The lowest BCUT2D eigenvalue weighted by molar-refractivity contribution is -0.139. The van der Waals surface area contributed by atoms with Gasteiger partial charge in [-0.3, -0.25) is 14.4 Å². The highest BCUT2D eigenvalue weighted by Gasteiger charge is 2.15. The fourth-order valence-electron chi connectivity index (χ4n) is 3.24. The average Bonchev–Trinajstić information content (AvgIpc) is 3.37. The number of hydrogen-bond donors (Lipinski definition) is 3. The maximum Gasteiger partial charge on any atom is 0.329 e. The van der Waals surface area contributed by atoms with Crippen molar-refractivity contribution >= 4 is 41.2 Å². The lowest BCUT2D eigenvalue weighted by atomic mass is 10.2. The summed E-state index contributed by atoms with van der Waals surface area (Å²) in [5.41, 5.74) is 5.09. The van der Waals surface area contributed by atoms with Crippen molar-refractivity contribution in [3.63, 3.8) is 0 Å². The van der Waals surface area contributed by atoms with Gasteiger partial charge in [0.1, 0.15) is 5.75 Å². The number of carbonyl (C=O) groups excluding carboxylic acids is 3. The molecule has 1 heterocycles. The van der Waals surface area contributed by atoms with Gasteiger partial charge in [0.2, 0.25) is 6.79 Å². The first-order chi connectivity index (χ1) is 17.9. The van der Waals surface area contributed by atoms with E-state index in [4.69, 9.17) is 25.8 Å². The second kappa shape index (κ2) is 11.9. The molecule has 10 nitrogen and oxygen atoms in total. The maximum atomic E-state index is 12.2. The lowest BCUT2D eigenvalue weighted by Crippen LogP contribution is -2.37. The number of nitrogens with zero attached hydrogens (tertiary/aromatic N) is 1.